The standard InChI is InChI=1S/C11H11F5.C9H12F6O2/c1-4-11(2,3)5-6(12)8(14)10(16)9(15)7(5)13;1-4-7(2,3)6(16)17-5(8(10,11)12)9(13,14)15/h4H2,1-3H3;5H,4H2,1-3H3. The highest BCUT2D eigenvalue weighted by atomic mass is 19.4. The molecule has 13 heteroatoms. The average molecular weight is 504 g/mol. The summed E-state index contributed by atoms with van der Waals surface area (Å²) in [6.07, 6.45) is -15.1. The molecule has 0 radical (unpaired) electrons. The Labute approximate surface area is 183 Å². The van der Waals surface area contributed by atoms with Crippen molar-refractivity contribution in [3.05, 3.63) is 34.6 Å². The molecule has 1 rings (SSSR count). The summed E-state index contributed by atoms with van der Waals surface area (Å²) < 4.78 is 141. The van der Waals surface area contributed by atoms with E-state index in [0.717, 1.165) is 0 Å². The van der Waals surface area contributed by atoms with E-state index < -0.39 is 69.9 Å². The average Bonchev–Trinajstić information content (AvgIpc) is 2.67. The Morgan fingerprint density at radius 1 is 0.697 bits per heavy atom. The number of rotatable bonds is 5. The predicted octanol–water partition coefficient (Wildman–Crippen LogP) is 7.53. The molecule has 0 amide bonds. The third-order valence-corrected chi connectivity index (χ3v) is 5.03. The van der Waals surface area contributed by atoms with E-state index in [1.165, 1.54) is 34.6 Å². The first kappa shape index (κ1) is 30.9. The first-order valence-corrected chi connectivity index (χ1v) is 9.42. The zero-order valence-electron chi connectivity index (χ0n) is 18.5. The lowest BCUT2D eigenvalue weighted by Crippen LogP contribution is -2.47. The van der Waals surface area contributed by atoms with Gasteiger partial charge in [0.2, 0.25) is 5.82 Å². The summed E-state index contributed by atoms with van der Waals surface area (Å²) in [4.78, 5) is 11.2. The van der Waals surface area contributed by atoms with Crippen molar-refractivity contribution >= 4 is 5.97 Å². The second kappa shape index (κ2) is 10.5. The van der Waals surface area contributed by atoms with Crippen molar-refractivity contribution in [2.75, 3.05) is 0 Å². The molecule has 2 nitrogen and oxygen atoms in total. The molecule has 0 bridgehead atoms. The summed E-state index contributed by atoms with van der Waals surface area (Å²) in [7, 11) is 0. The lowest BCUT2D eigenvalue weighted by molar-refractivity contribution is -0.315. The molecule has 0 unspecified atom stereocenters. The van der Waals surface area contributed by atoms with E-state index in [9.17, 15) is 53.1 Å². The summed E-state index contributed by atoms with van der Waals surface area (Å²) in [6, 6.07) is 0. The molecular weight excluding hydrogens is 481 g/mol. The van der Waals surface area contributed by atoms with Gasteiger partial charge in [0.15, 0.2) is 23.3 Å². The van der Waals surface area contributed by atoms with Gasteiger partial charge in [-0.2, -0.15) is 26.3 Å². The SMILES string of the molecule is CCC(C)(C)C(=O)OC(C(F)(F)F)C(F)(F)F.CCC(C)(C)c1c(F)c(F)c(F)c(F)c1F. The van der Waals surface area contributed by atoms with Crippen LogP contribution in [-0.2, 0) is 14.9 Å². The molecule has 0 aliphatic rings. The van der Waals surface area contributed by atoms with E-state index in [2.05, 4.69) is 4.74 Å². The highest BCUT2D eigenvalue weighted by molar-refractivity contribution is 5.76. The Balaban J connectivity index is 0.000000621. The molecule has 0 heterocycles. The summed E-state index contributed by atoms with van der Waals surface area (Å²) >= 11 is 0. The van der Waals surface area contributed by atoms with Crippen molar-refractivity contribution in [2.24, 2.45) is 5.41 Å². The topological polar surface area (TPSA) is 26.3 Å². The summed E-state index contributed by atoms with van der Waals surface area (Å²) in [6.45, 7) is 8.32. The molecule has 0 aliphatic carbocycles. The van der Waals surface area contributed by atoms with Crippen molar-refractivity contribution in [1.82, 2.24) is 0 Å². The lowest BCUT2D eigenvalue weighted by atomic mass is 9.81. The summed E-state index contributed by atoms with van der Waals surface area (Å²) in [5.41, 5.74) is -3.26. The fraction of sp³-hybridized carbons (Fsp3) is 0.650. The number of benzene rings is 1. The Morgan fingerprint density at radius 2 is 1.03 bits per heavy atom. The summed E-state index contributed by atoms with van der Waals surface area (Å²) in [5, 5.41) is 0. The fourth-order valence-corrected chi connectivity index (χ4v) is 2.11. The number of hydrogen-bond acceptors (Lipinski definition) is 2. The first-order chi connectivity index (χ1) is 14.6. The minimum atomic E-state index is -5.67. The molecule has 192 valence electrons. The lowest BCUT2D eigenvalue weighted by Gasteiger charge is -2.27. The Hall–Kier alpha value is -2.08. The van der Waals surface area contributed by atoms with Gasteiger partial charge in [0.1, 0.15) is 0 Å². The van der Waals surface area contributed by atoms with Gasteiger partial charge in [-0.25, -0.2) is 22.0 Å². The quantitative estimate of drug-likeness (QED) is 0.179. The highest BCUT2D eigenvalue weighted by Crippen LogP contribution is 2.37. The predicted molar refractivity (Wildman–Crippen MR) is 95.6 cm³/mol. The molecule has 0 aliphatic heterocycles. The molecule has 0 atom stereocenters. The normalized spacial score (nSPS) is 13.0. The van der Waals surface area contributed by atoms with Crippen LogP contribution in [0.4, 0.5) is 48.3 Å². The zero-order valence-corrected chi connectivity index (χ0v) is 18.5. The molecule has 1 aromatic rings. The number of alkyl halides is 6. The first-order valence-electron chi connectivity index (χ1n) is 9.42. The summed E-state index contributed by atoms with van der Waals surface area (Å²) in [5.74, 6) is -10.9. The van der Waals surface area contributed by atoms with Crippen molar-refractivity contribution in [3.8, 4) is 0 Å². The largest absolute Gasteiger partial charge is 0.442 e. The Morgan fingerprint density at radius 3 is 1.30 bits per heavy atom. The van der Waals surface area contributed by atoms with E-state index in [-0.39, 0.29) is 12.8 Å². The maximum atomic E-state index is 13.4. The molecule has 0 N–H and O–H groups in total. The molecule has 33 heavy (non-hydrogen) atoms. The minimum Gasteiger partial charge on any atom is -0.442 e. The van der Waals surface area contributed by atoms with Gasteiger partial charge in [-0.3, -0.25) is 4.79 Å². The number of esters is 1. The van der Waals surface area contributed by atoms with Gasteiger partial charge in [0.25, 0.3) is 6.10 Å². The molecular formula is C20H23F11O2. The Kier molecular flexibility index (Phi) is 9.80. The molecule has 1 aromatic carbocycles. The van der Waals surface area contributed by atoms with Crippen molar-refractivity contribution in [1.29, 1.82) is 0 Å². The van der Waals surface area contributed by atoms with Crippen LogP contribution in [0.25, 0.3) is 0 Å². The van der Waals surface area contributed by atoms with Crippen molar-refractivity contribution in [3.63, 3.8) is 0 Å². The third-order valence-electron chi connectivity index (χ3n) is 5.03. The number of halogens is 11. The van der Waals surface area contributed by atoms with Gasteiger partial charge in [0.05, 0.1) is 5.41 Å². The van der Waals surface area contributed by atoms with Crippen LogP contribution in [-0.4, -0.2) is 24.4 Å². The number of hydrogen-bond donors (Lipinski definition) is 0. The minimum absolute atomic E-state index is 0.0638. The number of carbonyl (C=O) groups is 1. The number of carbonyl (C=O) groups excluding carboxylic acids is 1. The van der Waals surface area contributed by atoms with Crippen LogP contribution in [0.15, 0.2) is 0 Å². The monoisotopic (exact) mass is 504 g/mol. The maximum absolute atomic E-state index is 13.4. The van der Waals surface area contributed by atoms with Crippen LogP contribution < -0.4 is 0 Å². The molecule has 0 saturated carbocycles. The highest BCUT2D eigenvalue weighted by Gasteiger charge is 2.60. The van der Waals surface area contributed by atoms with E-state index in [4.69, 9.17) is 0 Å². The fourth-order valence-electron chi connectivity index (χ4n) is 2.11. The van der Waals surface area contributed by atoms with Crippen LogP contribution in [0.3, 0.4) is 0 Å². The van der Waals surface area contributed by atoms with Crippen LogP contribution in [0.1, 0.15) is 59.9 Å². The van der Waals surface area contributed by atoms with E-state index >= 15 is 0 Å². The molecule has 0 aromatic heterocycles. The van der Waals surface area contributed by atoms with Gasteiger partial charge in [-0.15, -0.1) is 0 Å². The van der Waals surface area contributed by atoms with E-state index in [1.54, 1.807) is 6.92 Å². The van der Waals surface area contributed by atoms with Crippen LogP contribution >= 0.6 is 0 Å². The van der Waals surface area contributed by atoms with Crippen LogP contribution in [0, 0.1) is 34.5 Å². The van der Waals surface area contributed by atoms with E-state index in [0.29, 0.717) is 0 Å². The molecule has 0 saturated heterocycles. The second-order valence-corrected chi connectivity index (χ2v) is 8.29. The van der Waals surface area contributed by atoms with E-state index in [1.807, 2.05) is 0 Å². The van der Waals surface area contributed by atoms with Crippen molar-refractivity contribution < 1.29 is 57.8 Å². The molecule has 0 spiro atoms. The Bertz CT molecular complexity index is 797. The third kappa shape index (κ3) is 7.46. The van der Waals surface area contributed by atoms with Gasteiger partial charge in [0, 0.05) is 5.56 Å². The smallest absolute Gasteiger partial charge is 0.434 e. The zero-order chi connectivity index (χ0) is 26.7. The maximum Gasteiger partial charge on any atom is 0.434 e. The van der Waals surface area contributed by atoms with Gasteiger partial charge in [-0.1, -0.05) is 27.7 Å². The van der Waals surface area contributed by atoms with Gasteiger partial charge >= 0.3 is 18.3 Å². The number of ether oxygens (including phenoxy) is 1. The van der Waals surface area contributed by atoms with Gasteiger partial charge < -0.3 is 4.74 Å². The van der Waals surface area contributed by atoms with Crippen molar-refractivity contribution in [2.45, 2.75) is 78.3 Å². The van der Waals surface area contributed by atoms with Crippen LogP contribution in [0.5, 0.6) is 0 Å². The second-order valence-electron chi connectivity index (χ2n) is 8.29. The molecule has 0 fully saturated rings. The van der Waals surface area contributed by atoms with Crippen LogP contribution in [0.2, 0.25) is 0 Å². The van der Waals surface area contributed by atoms with Gasteiger partial charge in [-0.05, 0) is 32.1 Å².